The van der Waals surface area contributed by atoms with Crippen LogP contribution in [0.5, 0.6) is 5.75 Å². The Morgan fingerprint density at radius 1 is 1.12 bits per heavy atom. The molecule has 0 aliphatic heterocycles. The molecule has 3 aromatic rings. The molecule has 4 rings (SSSR count). The number of phenolic OH excluding ortho intramolecular Hbond substituents is 1. The number of aryl methyl sites for hydroxylation is 1. The van der Waals surface area contributed by atoms with Crippen LogP contribution in [0.4, 0.5) is 10.2 Å². The molecule has 1 saturated carbocycles. The molecule has 3 atom stereocenters. The third-order valence-electron chi connectivity index (χ3n) is 6.33. The van der Waals surface area contributed by atoms with Gasteiger partial charge in [0.15, 0.2) is 11.6 Å². The maximum atomic E-state index is 14.7. The Bertz CT molecular complexity index is 1180. The summed E-state index contributed by atoms with van der Waals surface area (Å²) in [5.74, 6) is 0.778. The number of rotatable bonds is 5. The van der Waals surface area contributed by atoms with Crippen molar-refractivity contribution >= 4 is 5.82 Å². The fourth-order valence-corrected chi connectivity index (χ4v) is 4.20. The molecule has 174 valence electrons. The highest BCUT2D eigenvalue weighted by atomic mass is 19.1. The first-order valence-electron chi connectivity index (χ1n) is 10.8. The number of hydrogen-bond acceptors (Lipinski definition) is 8. The van der Waals surface area contributed by atoms with Crippen LogP contribution in [0.1, 0.15) is 19.3 Å². The molecule has 0 spiro atoms. The van der Waals surface area contributed by atoms with Gasteiger partial charge in [0.1, 0.15) is 18.2 Å². The molecule has 0 radical (unpaired) electrons. The predicted molar refractivity (Wildman–Crippen MR) is 124 cm³/mol. The molecule has 2 heterocycles. The summed E-state index contributed by atoms with van der Waals surface area (Å²) in [5, 5.41) is 19.1. The molecule has 1 aliphatic rings. The van der Waals surface area contributed by atoms with Crippen molar-refractivity contribution in [2.45, 2.75) is 37.5 Å². The topological polar surface area (TPSA) is 100 Å². The van der Waals surface area contributed by atoms with E-state index in [2.05, 4.69) is 25.1 Å². The maximum absolute atomic E-state index is 14.7. The molecule has 0 bridgehead atoms. The summed E-state index contributed by atoms with van der Waals surface area (Å²) in [6, 6.07) is 8.48. The second-order valence-electron chi connectivity index (χ2n) is 8.71. The molecule has 0 saturated heterocycles. The van der Waals surface area contributed by atoms with Gasteiger partial charge in [-0.05, 0) is 57.6 Å². The van der Waals surface area contributed by atoms with Crippen molar-refractivity contribution in [2.75, 3.05) is 26.0 Å². The van der Waals surface area contributed by atoms with Gasteiger partial charge in [0.05, 0.1) is 11.7 Å². The second kappa shape index (κ2) is 9.22. The van der Waals surface area contributed by atoms with Crippen molar-refractivity contribution < 1.29 is 9.50 Å². The van der Waals surface area contributed by atoms with E-state index in [-0.39, 0.29) is 17.6 Å². The lowest BCUT2D eigenvalue weighted by atomic mass is 9.88. The SMILES string of the molecule is CN(C)C1CCC(F)[C@@H](N(C)c2ccc(-c3ccc(-c4ncn(C)c(=O)n4)cc3O)nn2)C1. The van der Waals surface area contributed by atoms with Crippen molar-refractivity contribution in [3.63, 3.8) is 0 Å². The second-order valence-corrected chi connectivity index (χ2v) is 8.71. The first-order chi connectivity index (χ1) is 15.7. The van der Waals surface area contributed by atoms with Gasteiger partial charge < -0.3 is 14.9 Å². The number of phenols is 1. The number of benzene rings is 1. The third kappa shape index (κ3) is 4.70. The minimum atomic E-state index is -0.915. The average Bonchev–Trinajstić information content (AvgIpc) is 2.80. The van der Waals surface area contributed by atoms with Crippen LogP contribution in [0.2, 0.25) is 0 Å². The van der Waals surface area contributed by atoms with E-state index in [9.17, 15) is 14.3 Å². The van der Waals surface area contributed by atoms with E-state index in [0.717, 1.165) is 12.8 Å². The van der Waals surface area contributed by atoms with Gasteiger partial charge in [0.25, 0.3) is 0 Å². The van der Waals surface area contributed by atoms with Crippen LogP contribution in [0.3, 0.4) is 0 Å². The Morgan fingerprint density at radius 3 is 2.55 bits per heavy atom. The van der Waals surface area contributed by atoms with E-state index in [1.165, 1.54) is 17.0 Å². The summed E-state index contributed by atoms with van der Waals surface area (Å²) in [5.41, 5.74) is 1.05. The molecular weight excluding hydrogens is 425 g/mol. The highest BCUT2D eigenvalue weighted by Crippen LogP contribution is 2.33. The summed E-state index contributed by atoms with van der Waals surface area (Å²) in [6.45, 7) is 0. The van der Waals surface area contributed by atoms with Crippen molar-refractivity contribution in [2.24, 2.45) is 7.05 Å². The van der Waals surface area contributed by atoms with Crippen LogP contribution in [-0.4, -0.2) is 74.1 Å². The molecular formula is C23H28FN7O2. The number of anilines is 1. The minimum Gasteiger partial charge on any atom is -0.507 e. The number of halogens is 1. The smallest absolute Gasteiger partial charge is 0.350 e. The largest absolute Gasteiger partial charge is 0.507 e. The summed E-state index contributed by atoms with van der Waals surface area (Å²) in [7, 11) is 7.46. The predicted octanol–water partition coefficient (Wildman–Crippen LogP) is 2.26. The summed E-state index contributed by atoms with van der Waals surface area (Å²) in [4.78, 5) is 23.8. The Hall–Kier alpha value is -3.40. The maximum Gasteiger partial charge on any atom is 0.350 e. The standard InChI is InChI=1S/C23H28FN7O2/c1-29(2)15-6-8-17(24)19(12-15)31(4)21-10-9-18(27-28-21)16-7-5-14(11-20(16)32)22-25-13-30(3)23(33)26-22/h5,7,9-11,13,15,17,19,32H,6,8,12H2,1-4H3/t15?,17?,19-/m0/s1. The number of alkyl halides is 1. The number of aromatic hydroxyl groups is 1. The summed E-state index contributed by atoms with van der Waals surface area (Å²) in [6.07, 6.45) is 2.56. The first kappa shape index (κ1) is 22.8. The van der Waals surface area contributed by atoms with Crippen molar-refractivity contribution in [1.82, 2.24) is 29.6 Å². The third-order valence-corrected chi connectivity index (χ3v) is 6.33. The van der Waals surface area contributed by atoms with Gasteiger partial charge in [-0.1, -0.05) is 6.07 Å². The zero-order valence-corrected chi connectivity index (χ0v) is 19.2. The van der Waals surface area contributed by atoms with Crippen molar-refractivity contribution in [3.05, 3.63) is 47.1 Å². The Labute approximate surface area is 191 Å². The molecule has 33 heavy (non-hydrogen) atoms. The van der Waals surface area contributed by atoms with E-state index >= 15 is 0 Å². The zero-order valence-electron chi connectivity index (χ0n) is 19.2. The summed E-state index contributed by atoms with van der Waals surface area (Å²) < 4.78 is 15.9. The minimum absolute atomic E-state index is 0.0305. The number of hydrogen-bond donors (Lipinski definition) is 1. The Kier molecular flexibility index (Phi) is 6.37. The molecule has 2 unspecified atom stereocenters. The lowest BCUT2D eigenvalue weighted by Crippen LogP contribution is -2.48. The highest BCUT2D eigenvalue weighted by Gasteiger charge is 2.34. The van der Waals surface area contributed by atoms with E-state index in [1.807, 2.05) is 26.0 Å². The van der Waals surface area contributed by atoms with Crippen LogP contribution in [0, 0.1) is 0 Å². The van der Waals surface area contributed by atoms with Gasteiger partial charge >= 0.3 is 5.69 Å². The van der Waals surface area contributed by atoms with E-state index in [1.54, 1.807) is 31.3 Å². The lowest BCUT2D eigenvalue weighted by Gasteiger charge is -2.40. The normalized spacial score (nSPS) is 20.7. The number of nitrogens with zero attached hydrogens (tertiary/aromatic N) is 7. The van der Waals surface area contributed by atoms with Crippen LogP contribution in [0.15, 0.2) is 41.5 Å². The molecule has 9 nitrogen and oxygen atoms in total. The van der Waals surface area contributed by atoms with Gasteiger partial charge in [0, 0.05) is 31.3 Å². The van der Waals surface area contributed by atoms with Gasteiger partial charge in [-0.25, -0.2) is 14.2 Å². The van der Waals surface area contributed by atoms with E-state index in [4.69, 9.17) is 0 Å². The van der Waals surface area contributed by atoms with E-state index < -0.39 is 11.9 Å². The molecule has 10 heteroatoms. The van der Waals surface area contributed by atoms with Crippen LogP contribution in [0.25, 0.3) is 22.6 Å². The van der Waals surface area contributed by atoms with Gasteiger partial charge in [-0.3, -0.25) is 4.57 Å². The quantitative estimate of drug-likeness (QED) is 0.628. The van der Waals surface area contributed by atoms with Crippen LogP contribution < -0.4 is 10.6 Å². The van der Waals surface area contributed by atoms with E-state index in [0.29, 0.717) is 35.1 Å². The molecule has 0 amide bonds. The molecule has 1 aliphatic carbocycles. The van der Waals surface area contributed by atoms with Crippen LogP contribution in [-0.2, 0) is 7.05 Å². The highest BCUT2D eigenvalue weighted by molar-refractivity contribution is 5.72. The number of aromatic nitrogens is 5. The Morgan fingerprint density at radius 2 is 1.91 bits per heavy atom. The molecule has 1 aromatic carbocycles. The summed E-state index contributed by atoms with van der Waals surface area (Å²) >= 11 is 0. The molecule has 2 aromatic heterocycles. The zero-order chi connectivity index (χ0) is 23.7. The lowest BCUT2D eigenvalue weighted by molar-refractivity contribution is 0.137. The molecule has 1 N–H and O–H groups in total. The van der Waals surface area contributed by atoms with Gasteiger partial charge in [-0.15, -0.1) is 10.2 Å². The van der Waals surface area contributed by atoms with Gasteiger partial charge in [0.2, 0.25) is 0 Å². The van der Waals surface area contributed by atoms with Crippen molar-refractivity contribution in [1.29, 1.82) is 0 Å². The average molecular weight is 454 g/mol. The fraction of sp³-hybridized carbons (Fsp3) is 0.435. The monoisotopic (exact) mass is 453 g/mol. The van der Waals surface area contributed by atoms with Gasteiger partial charge in [-0.2, -0.15) is 4.98 Å². The first-order valence-corrected chi connectivity index (χ1v) is 10.8. The Balaban J connectivity index is 1.54. The van der Waals surface area contributed by atoms with Crippen molar-refractivity contribution in [3.8, 4) is 28.4 Å². The molecule has 1 fully saturated rings. The van der Waals surface area contributed by atoms with Crippen LogP contribution >= 0.6 is 0 Å². The fourth-order valence-electron chi connectivity index (χ4n) is 4.20.